The summed E-state index contributed by atoms with van der Waals surface area (Å²) in [6.45, 7) is 6.81. The van der Waals surface area contributed by atoms with Crippen LogP contribution in [0.5, 0.6) is 0 Å². The van der Waals surface area contributed by atoms with Crippen molar-refractivity contribution in [1.29, 1.82) is 0 Å². The van der Waals surface area contributed by atoms with E-state index in [9.17, 15) is 0 Å². The normalized spacial score (nSPS) is 14.8. The van der Waals surface area contributed by atoms with E-state index >= 15 is 0 Å². The molecule has 0 N–H and O–H groups in total. The Labute approximate surface area is 351 Å². The van der Waals surface area contributed by atoms with E-state index in [4.69, 9.17) is 0 Å². The third-order valence-electron chi connectivity index (χ3n) is 12.5. The first kappa shape index (κ1) is 35.4. The van der Waals surface area contributed by atoms with Gasteiger partial charge in [-0.2, -0.15) is 0 Å². The fourth-order valence-electron chi connectivity index (χ4n) is 9.83. The third-order valence-corrected chi connectivity index (χ3v) is 13.7. The van der Waals surface area contributed by atoms with Crippen molar-refractivity contribution < 1.29 is 0 Å². The first-order chi connectivity index (χ1) is 28.9. The van der Waals surface area contributed by atoms with Crippen LogP contribution >= 0.6 is 11.3 Å². The summed E-state index contributed by atoms with van der Waals surface area (Å²) in [6, 6.07) is 76.6. The van der Waals surface area contributed by atoms with Crippen LogP contribution in [0.2, 0.25) is 0 Å². The van der Waals surface area contributed by atoms with Crippen molar-refractivity contribution in [3.8, 4) is 54.3 Å². The second-order valence-corrected chi connectivity index (χ2v) is 17.8. The van der Waals surface area contributed by atoms with Gasteiger partial charge in [-0.05, 0) is 96.9 Å². The van der Waals surface area contributed by atoms with Crippen LogP contribution in [0.3, 0.4) is 0 Å². The highest BCUT2D eigenvalue weighted by molar-refractivity contribution is 7.20. The number of benzene rings is 8. The monoisotopic (exact) mass is 773 g/mol. The molecule has 1 nitrogen and oxygen atoms in total. The average molecular weight is 774 g/mol. The maximum atomic E-state index is 2.49. The maximum Gasteiger partial charge on any atom is 0.0760 e. The van der Waals surface area contributed by atoms with Crippen LogP contribution in [-0.2, 0) is 10.8 Å². The van der Waals surface area contributed by atoms with Gasteiger partial charge >= 0.3 is 0 Å². The van der Waals surface area contributed by atoms with Gasteiger partial charge in [0.2, 0.25) is 0 Å². The molecule has 0 fully saturated rings. The van der Waals surface area contributed by atoms with Gasteiger partial charge in [0.15, 0.2) is 0 Å². The Morgan fingerprint density at radius 3 is 1.54 bits per heavy atom. The highest BCUT2D eigenvalue weighted by Crippen LogP contribution is 2.69. The fourth-order valence-corrected chi connectivity index (χ4v) is 11.3. The largest absolute Gasteiger partial charge is 0.310 e. The second-order valence-electron chi connectivity index (χ2n) is 16.8. The van der Waals surface area contributed by atoms with Crippen LogP contribution < -0.4 is 4.90 Å². The first-order valence-electron chi connectivity index (χ1n) is 20.6. The molecule has 1 atom stereocenters. The van der Waals surface area contributed by atoms with Crippen LogP contribution in [0, 0.1) is 0 Å². The SMILES string of the molecule is CC(C)(C)c1ccc(-c2ccc(N(c3ccccc3)c3cccc4c3C3(c5ccccc5-4)c4ccccc4-c4sc(-c5ccccc5)c(-c5ccccc5)c43)cc2)cc1. The van der Waals surface area contributed by atoms with Gasteiger partial charge in [0.25, 0.3) is 0 Å². The predicted molar refractivity (Wildman–Crippen MR) is 250 cm³/mol. The van der Waals surface area contributed by atoms with E-state index in [1.54, 1.807) is 0 Å². The zero-order valence-corrected chi connectivity index (χ0v) is 34.3. The van der Waals surface area contributed by atoms with Crippen molar-refractivity contribution >= 4 is 28.4 Å². The summed E-state index contributed by atoms with van der Waals surface area (Å²) in [7, 11) is 0. The summed E-state index contributed by atoms with van der Waals surface area (Å²) >= 11 is 1.94. The molecule has 0 radical (unpaired) electrons. The smallest absolute Gasteiger partial charge is 0.0760 e. The quantitative estimate of drug-likeness (QED) is 0.163. The molecule has 282 valence electrons. The minimum atomic E-state index is -0.578. The predicted octanol–water partition coefficient (Wildman–Crippen LogP) is 15.9. The lowest BCUT2D eigenvalue weighted by molar-refractivity contribution is 0.590. The number of para-hydroxylation sites is 1. The van der Waals surface area contributed by atoms with Gasteiger partial charge in [-0.15, -0.1) is 11.3 Å². The Kier molecular flexibility index (Phi) is 8.22. The lowest BCUT2D eigenvalue weighted by Crippen LogP contribution is -2.28. The van der Waals surface area contributed by atoms with Crippen LogP contribution in [0.4, 0.5) is 17.1 Å². The Hall–Kier alpha value is -6.74. The summed E-state index contributed by atoms with van der Waals surface area (Å²) < 4.78 is 0. The Morgan fingerprint density at radius 2 is 0.898 bits per heavy atom. The minimum Gasteiger partial charge on any atom is -0.310 e. The Morgan fingerprint density at radius 1 is 0.390 bits per heavy atom. The maximum absolute atomic E-state index is 2.49. The average Bonchev–Trinajstić information content (AvgIpc) is 3.92. The van der Waals surface area contributed by atoms with Gasteiger partial charge in [0, 0.05) is 32.3 Å². The summed E-state index contributed by atoms with van der Waals surface area (Å²) in [5, 5.41) is 0. The molecule has 1 heterocycles. The molecular weight excluding hydrogens is 731 g/mol. The van der Waals surface area contributed by atoms with Crippen molar-refractivity contribution in [3.05, 3.63) is 234 Å². The third kappa shape index (κ3) is 5.44. The molecule has 0 aliphatic heterocycles. The van der Waals surface area contributed by atoms with Gasteiger partial charge < -0.3 is 4.90 Å². The number of hydrogen-bond acceptors (Lipinski definition) is 2. The summed E-state index contributed by atoms with van der Waals surface area (Å²) in [4.78, 5) is 5.15. The number of anilines is 3. The van der Waals surface area contributed by atoms with Crippen LogP contribution in [0.25, 0.3) is 54.3 Å². The highest BCUT2D eigenvalue weighted by Gasteiger charge is 2.56. The molecule has 0 bridgehead atoms. The van der Waals surface area contributed by atoms with Gasteiger partial charge in [-0.1, -0.05) is 197 Å². The molecule has 11 rings (SSSR count). The van der Waals surface area contributed by atoms with Gasteiger partial charge in [-0.25, -0.2) is 0 Å². The lowest BCUT2D eigenvalue weighted by atomic mass is 9.68. The van der Waals surface area contributed by atoms with E-state index in [1.807, 2.05) is 11.3 Å². The molecule has 0 saturated carbocycles. The Balaban J connectivity index is 1.20. The topological polar surface area (TPSA) is 3.24 Å². The van der Waals surface area contributed by atoms with E-state index in [-0.39, 0.29) is 5.41 Å². The molecule has 0 saturated heterocycles. The molecule has 1 aromatic heterocycles. The van der Waals surface area contributed by atoms with Crippen LogP contribution in [-0.4, -0.2) is 0 Å². The van der Waals surface area contributed by atoms with E-state index in [1.165, 1.54) is 87.8 Å². The number of thiophene rings is 1. The summed E-state index contributed by atoms with van der Waals surface area (Å²) in [6.07, 6.45) is 0. The van der Waals surface area contributed by atoms with E-state index in [0.29, 0.717) is 0 Å². The number of rotatable bonds is 6. The number of fused-ring (bicyclic) bond motifs is 10. The Bertz CT molecular complexity index is 2990. The molecule has 0 amide bonds. The molecule has 2 aliphatic rings. The van der Waals surface area contributed by atoms with Gasteiger partial charge in [0.1, 0.15) is 0 Å². The number of hydrogen-bond donors (Lipinski definition) is 0. The van der Waals surface area contributed by atoms with Crippen molar-refractivity contribution in [1.82, 2.24) is 0 Å². The van der Waals surface area contributed by atoms with Crippen molar-refractivity contribution in [3.63, 3.8) is 0 Å². The minimum absolute atomic E-state index is 0.111. The molecule has 2 aliphatic carbocycles. The number of nitrogens with zero attached hydrogens (tertiary/aromatic N) is 1. The van der Waals surface area contributed by atoms with E-state index in [2.05, 4.69) is 232 Å². The lowest BCUT2D eigenvalue weighted by Gasteiger charge is -2.36. The molecule has 1 unspecified atom stereocenters. The standard InChI is InChI=1S/C57H43NS/c1-56(2,3)42-34-30-38(31-35-42)39-32-36-44(37-33-39)58(43-22-11-6-12-23-43)50-29-17-26-46-45-24-13-15-27-48(45)57(52(46)50)49-28-16-14-25-47(49)55-53(57)51(40-18-7-4-8-19-40)54(59-55)41-20-9-5-10-21-41/h4-37H,1-3H3. The zero-order valence-electron chi connectivity index (χ0n) is 33.5. The molecular formula is C57H43NS. The molecule has 9 aromatic rings. The molecule has 59 heavy (non-hydrogen) atoms. The van der Waals surface area contributed by atoms with Gasteiger partial charge in [-0.3, -0.25) is 0 Å². The van der Waals surface area contributed by atoms with Gasteiger partial charge in [0.05, 0.1) is 11.1 Å². The first-order valence-corrected chi connectivity index (χ1v) is 21.4. The van der Waals surface area contributed by atoms with Crippen molar-refractivity contribution in [2.45, 2.75) is 31.6 Å². The van der Waals surface area contributed by atoms with Crippen molar-refractivity contribution in [2.75, 3.05) is 4.90 Å². The zero-order chi connectivity index (χ0) is 39.7. The fraction of sp³-hybridized carbons (Fsp3) is 0.0877. The van der Waals surface area contributed by atoms with Crippen molar-refractivity contribution in [2.24, 2.45) is 0 Å². The summed E-state index contributed by atoms with van der Waals surface area (Å²) in [5.41, 5.74) is 19.8. The molecule has 2 heteroatoms. The highest BCUT2D eigenvalue weighted by atomic mass is 32.1. The van der Waals surface area contributed by atoms with E-state index in [0.717, 1.165) is 11.4 Å². The molecule has 8 aromatic carbocycles. The van der Waals surface area contributed by atoms with Crippen LogP contribution in [0.1, 0.15) is 48.6 Å². The van der Waals surface area contributed by atoms with Crippen LogP contribution in [0.15, 0.2) is 206 Å². The van der Waals surface area contributed by atoms with E-state index < -0.39 is 5.41 Å². The second kappa shape index (κ2) is 13.7. The molecule has 1 spiro atoms. The summed E-state index contributed by atoms with van der Waals surface area (Å²) in [5.74, 6) is 0.